The summed E-state index contributed by atoms with van der Waals surface area (Å²) in [4.78, 5) is 15.6. The summed E-state index contributed by atoms with van der Waals surface area (Å²) < 4.78 is 0. The zero-order valence-corrected chi connectivity index (χ0v) is 14.5. The first-order valence-electron chi connectivity index (χ1n) is 8.98. The van der Waals surface area contributed by atoms with Gasteiger partial charge in [0.1, 0.15) is 11.5 Å². The topological polar surface area (TPSA) is 53.1 Å². The Labute approximate surface area is 152 Å². The first-order valence-corrected chi connectivity index (χ1v) is 8.98. The molecule has 0 aliphatic carbocycles. The minimum Gasteiger partial charge on any atom is -0.508 e. The maximum absolute atomic E-state index is 12.1. The molecular weight excluding hydrogens is 322 g/mol. The molecule has 0 atom stereocenters. The van der Waals surface area contributed by atoms with Crippen LogP contribution in [0, 0.1) is 0 Å². The van der Waals surface area contributed by atoms with Gasteiger partial charge >= 0.3 is 0 Å². The molecule has 4 aromatic rings. The first-order chi connectivity index (χ1) is 12.7. The molecule has 2 N–H and O–H groups in total. The van der Waals surface area contributed by atoms with Crippen LogP contribution in [0.4, 0.5) is 0 Å². The van der Waals surface area contributed by atoms with Crippen molar-refractivity contribution in [3.8, 4) is 5.75 Å². The van der Waals surface area contributed by atoms with E-state index in [9.17, 15) is 9.90 Å². The molecule has 1 heterocycles. The van der Waals surface area contributed by atoms with Crippen LogP contribution < -0.4 is 0 Å². The average Bonchev–Trinajstić information content (AvgIpc) is 3.01. The van der Waals surface area contributed by atoms with E-state index in [2.05, 4.69) is 41.4 Å². The molecule has 3 aromatic carbocycles. The third kappa shape index (κ3) is 3.47. The van der Waals surface area contributed by atoms with Crippen molar-refractivity contribution < 1.29 is 9.90 Å². The fourth-order valence-corrected chi connectivity index (χ4v) is 3.48. The number of ketones is 1. The SMILES string of the molecule is O=C(CCCc1ccc2c(c1)[nH]c1ccccc12)Cc1ccc(O)cc1. The molecule has 3 nitrogen and oxygen atoms in total. The predicted octanol–water partition coefficient (Wildman–Crippen LogP) is 5.16. The Morgan fingerprint density at radius 3 is 2.42 bits per heavy atom. The summed E-state index contributed by atoms with van der Waals surface area (Å²) in [5.41, 5.74) is 4.51. The summed E-state index contributed by atoms with van der Waals surface area (Å²) in [6, 6.07) is 21.7. The Morgan fingerprint density at radius 2 is 1.58 bits per heavy atom. The van der Waals surface area contributed by atoms with Crippen LogP contribution in [0.1, 0.15) is 24.0 Å². The van der Waals surface area contributed by atoms with Crippen molar-refractivity contribution in [2.24, 2.45) is 0 Å². The maximum atomic E-state index is 12.1. The number of hydrogen-bond acceptors (Lipinski definition) is 2. The average molecular weight is 343 g/mol. The largest absolute Gasteiger partial charge is 0.508 e. The molecule has 3 heteroatoms. The van der Waals surface area contributed by atoms with E-state index in [-0.39, 0.29) is 11.5 Å². The lowest BCUT2D eigenvalue weighted by atomic mass is 10.0. The smallest absolute Gasteiger partial charge is 0.137 e. The highest BCUT2D eigenvalue weighted by molar-refractivity contribution is 6.07. The van der Waals surface area contributed by atoms with E-state index < -0.39 is 0 Å². The molecule has 0 amide bonds. The van der Waals surface area contributed by atoms with Gasteiger partial charge in [-0.2, -0.15) is 0 Å². The third-order valence-corrected chi connectivity index (χ3v) is 4.83. The van der Waals surface area contributed by atoms with Crippen molar-refractivity contribution in [2.75, 3.05) is 0 Å². The van der Waals surface area contributed by atoms with Gasteiger partial charge in [-0.1, -0.05) is 42.5 Å². The number of H-pyrrole nitrogens is 1. The Kier molecular flexibility index (Phi) is 4.44. The molecule has 130 valence electrons. The van der Waals surface area contributed by atoms with Crippen LogP contribution in [-0.2, 0) is 17.6 Å². The zero-order chi connectivity index (χ0) is 17.9. The molecule has 0 aliphatic rings. The van der Waals surface area contributed by atoms with Gasteiger partial charge < -0.3 is 10.1 Å². The van der Waals surface area contributed by atoms with Crippen molar-refractivity contribution >= 4 is 27.6 Å². The van der Waals surface area contributed by atoms with Crippen LogP contribution in [0.2, 0.25) is 0 Å². The van der Waals surface area contributed by atoms with Crippen LogP contribution in [0.15, 0.2) is 66.7 Å². The van der Waals surface area contributed by atoms with Crippen molar-refractivity contribution in [1.29, 1.82) is 0 Å². The Balaban J connectivity index is 1.37. The van der Waals surface area contributed by atoms with E-state index in [0.29, 0.717) is 12.8 Å². The zero-order valence-electron chi connectivity index (χ0n) is 14.5. The van der Waals surface area contributed by atoms with E-state index in [1.165, 1.54) is 16.3 Å². The highest BCUT2D eigenvalue weighted by atomic mass is 16.3. The molecule has 4 rings (SSSR count). The minimum absolute atomic E-state index is 0.230. The number of fused-ring (bicyclic) bond motifs is 3. The summed E-state index contributed by atoms with van der Waals surface area (Å²) in [7, 11) is 0. The lowest BCUT2D eigenvalue weighted by Gasteiger charge is -2.03. The van der Waals surface area contributed by atoms with Crippen molar-refractivity contribution in [2.45, 2.75) is 25.7 Å². The fraction of sp³-hybridized carbons (Fsp3) is 0.174. The maximum Gasteiger partial charge on any atom is 0.137 e. The minimum atomic E-state index is 0.230. The second-order valence-electron chi connectivity index (χ2n) is 6.79. The van der Waals surface area contributed by atoms with Gasteiger partial charge in [-0.25, -0.2) is 0 Å². The van der Waals surface area contributed by atoms with Crippen LogP contribution >= 0.6 is 0 Å². The Bertz CT molecular complexity index is 1060. The van der Waals surface area contributed by atoms with Gasteiger partial charge in [0.05, 0.1) is 0 Å². The predicted molar refractivity (Wildman–Crippen MR) is 106 cm³/mol. The summed E-state index contributed by atoms with van der Waals surface area (Å²) in [5, 5.41) is 11.8. The third-order valence-electron chi connectivity index (χ3n) is 4.83. The number of aryl methyl sites for hydroxylation is 1. The fourth-order valence-electron chi connectivity index (χ4n) is 3.48. The monoisotopic (exact) mass is 343 g/mol. The molecular formula is C23H21NO2. The molecule has 0 fully saturated rings. The van der Waals surface area contributed by atoms with Gasteiger partial charge in [0, 0.05) is 34.6 Å². The van der Waals surface area contributed by atoms with Gasteiger partial charge in [0.25, 0.3) is 0 Å². The number of phenolic OH excluding ortho intramolecular Hbond substituents is 1. The lowest BCUT2D eigenvalue weighted by molar-refractivity contribution is -0.118. The van der Waals surface area contributed by atoms with Crippen LogP contribution in [-0.4, -0.2) is 15.9 Å². The van der Waals surface area contributed by atoms with Crippen molar-refractivity contribution in [3.05, 3.63) is 77.9 Å². The normalized spacial score (nSPS) is 11.2. The Morgan fingerprint density at radius 1 is 0.846 bits per heavy atom. The van der Waals surface area contributed by atoms with E-state index in [1.54, 1.807) is 24.3 Å². The number of rotatable bonds is 6. The molecule has 0 saturated carbocycles. The number of benzene rings is 3. The number of hydrogen-bond donors (Lipinski definition) is 2. The first kappa shape index (κ1) is 16.4. The van der Waals surface area contributed by atoms with Crippen LogP contribution in [0.5, 0.6) is 5.75 Å². The summed E-state index contributed by atoms with van der Waals surface area (Å²) in [6.07, 6.45) is 2.75. The standard InChI is InChI=1S/C23H21NO2/c25-18-11-8-17(9-12-18)14-19(26)5-3-4-16-10-13-21-20-6-1-2-7-22(20)24-23(21)15-16/h1-2,6-13,15,24-25H,3-5,14H2. The molecule has 0 spiro atoms. The number of phenols is 1. The molecule has 0 unspecified atom stereocenters. The van der Waals surface area contributed by atoms with E-state index in [4.69, 9.17) is 0 Å². The van der Waals surface area contributed by atoms with Gasteiger partial charge in [-0.15, -0.1) is 0 Å². The van der Waals surface area contributed by atoms with Crippen molar-refractivity contribution in [1.82, 2.24) is 4.98 Å². The molecule has 0 radical (unpaired) electrons. The lowest BCUT2D eigenvalue weighted by Crippen LogP contribution is -2.03. The van der Waals surface area contributed by atoms with Gasteiger partial charge in [0.2, 0.25) is 0 Å². The number of aromatic amines is 1. The van der Waals surface area contributed by atoms with Gasteiger partial charge in [-0.05, 0) is 48.2 Å². The van der Waals surface area contributed by atoms with E-state index in [1.807, 2.05) is 6.07 Å². The summed E-state index contributed by atoms with van der Waals surface area (Å²) in [6.45, 7) is 0. The molecule has 1 aromatic heterocycles. The Hall–Kier alpha value is -3.07. The number of carbonyl (C=O) groups excluding carboxylic acids is 1. The van der Waals surface area contributed by atoms with Crippen LogP contribution in [0.3, 0.4) is 0 Å². The quantitative estimate of drug-likeness (QED) is 0.508. The second kappa shape index (κ2) is 7.04. The van der Waals surface area contributed by atoms with E-state index >= 15 is 0 Å². The number of nitrogens with one attached hydrogen (secondary N) is 1. The summed E-state index contributed by atoms with van der Waals surface area (Å²) >= 11 is 0. The molecule has 0 bridgehead atoms. The number of aromatic nitrogens is 1. The summed E-state index contributed by atoms with van der Waals surface area (Å²) in [5.74, 6) is 0.468. The van der Waals surface area contributed by atoms with Gasteiger partial charge in [-0.3, -0.25) is 4.79 Å². The van der Waals surface area contributed by atoms with Crippen molar-refractivity contribution in [3.63, 3.8) is 0 Å². The van der Waals surface area contributed by atoms with Crippen LogP contribution in [0.25, 0.3) is 21.8 Å². The number of Topliss-reactive ketones (excluding diaryl/α,β-unsaturated/α-hetero) is 1. The molecule has 0 aliphatic heterocycles. The highest BCUT2D eigenvalue weighted by Gasteiger charge is 2.07. The van der Waals surface area contributed by atoms with E-state index in [0.717, 1.165) is 29.4 Å². The van der Waals surface area contributed by atoms with Gasteiger partial charge in [0.15, 0.2) is 0 Å². The molecule has 0 saturated heterocycles. The number of carbonyl (C=O) groups is 1. The number of para-hydroxylation sites is 1. The molecule has 26 heavy (non-hydrogen) atoms. The highest BCUT2D eigenvalue weighted by Crippen LogP contribution is 2.26. The number of aromatic hydroxyl groups is 1. The second-order valence-corrected chi connectivity index (χ2v) is 6.79.